The average Bonchev–Trinajstić information content (AvgIpc) is 3.44. The zero-order valence-electron chi connectivity index (χ0n) is 18.2. The molecule has 0 saturated heterocycles. The minimum atomic E-state index is -0.627. The maximum atomic E-state index is 13.9. The predicted octanol–water partition coefficient (Wildman–Crippen LogP) is 6.69. The van der Waals surface area contributed by atoms with Gasteiger partial charge in [0, 0.05) is 39.5 Å². The van der Waals surface area contributed by atoms with Crippen molar-refractivity contribution in [2.24, 2.45) is 0 Å². The van der Waals surface area contributed by atoms with Gasteiger partial charge in [-0.2, -0.15) is 0 Å². The van der Waals surface area contributed by atoms with Crippen LogP contribution in [-0.2, 0) is 4.79 Å². The molecule has 0 fully saturated rings. The number of hydrogen-bond donors (Lipinski definition) is 5. The number of halogens is 2. The van der Waals surface area contributed by atoms with Gasteiger partial charge in [-0.3, -0.25) is 4.79 Å². The number of rotatable bonds is 5. The fraction of sp³-hybridized carbons (Fsp3) is 0. The Morgan fingerprint density at radius 2 is 1.74 bits per heavy atom. The Labute approximate surface area is 205 Å². The number of amides is 3. The monoisotopic (exact) mass is 487 g/mol. The molecule has 5 rings (SSSR count). The topological polar surface area (TPSA) is 98.1 Å². The van der Waals surface area contributed by atoms with E-state index in [0.717, 1.165) is 23.0 Å². The molecule has 35 heavy (non-hydrogen) atoms. The van der Waals surface area contributed by atoms with E-state index in [0.29, 0.717) is 22.6 Å². The fourth-order valence-electron chi connectivity index (χ4n) is 3.72. The number of anilines is 5. The molecule has 0 unspecified atom stereocenters. The van der Waals surface area contributed by atoms with Gasteiger partial charge in [0.25, 0.3) is 5.91 Å². The lowest BCUT2D eigenvalue weighted by molar-refractivity contribution is -0.110. The molecular formula is C26H19ClFN5O2. The molecule has 0 radical (unpaired) electrons. The highest BCUT2D eigenvalue weighted by molar-refractivity contribution is 6.35. The number of aromatic nitrogens is 1. The van der Waals surface area contributed by atoms with E-state index in [1.165, 1.54) is 12.1 Å². The van der Waals surface area contributed by atoms with Crippen molar-refractivity contribution < 1.29 is 14.0 Å². The van der Waals surface area contributed by atoms with Crippen molar-refractivity contribution in [1.29, 1.82) is 0 Å². The van der Waals surface area contributed by atoms with Gasteiger partial charge in [-0.05, 0) is 66.7 Å². The highest BCUT2D eigenvalue weighted by Gasteiger charge is 2.24. The summed E-state index contributed by atoms with van der Waals surface area (Å²) in [7, 11) is 0. The maximum Gasteiger partial charge on any atom is 0.323 e. The lowest BCUT2D eigenvalue weighted by Gasteiger charge is -2.12. The van der Waals surface area contributed by atoms with E-state index >= 15 is 0 Å². The van der Waals surface area contributed by atoms with Crippen LogP contribution >= 0.6 is 11.6 Å². The van der Waals surface area contributed by atoms with Gasteiger partial charge >= 0.3 is 6.03 Å². The molecule has 9 heteroatoms. The van der Waals surface area contributed by atoms with Crippen LogP contribution in [0.4, 0.5) is 37.6 Å². The molecule has 0 aliphatic carbocycles. The number of urea groups is 1. The van der Waals surface area contributed by atoms with Crippen LogP contribution in [0.3, 0.4) is 0 Å². The van der Waals surface area contributed by atoms with Crippen LogP contribution in [-0.4, -0.2) is 16.9 Å². The highest BCUT2D eigenvalue weighted by atomic mass is 35.5. The summed E-state index contributed by atoms with van der Waals surface area (Å²) in [4.78, 5) is 27.8. The summed E-state index contributed by atoms with van der Waals surface area (Å²) in [5, 5.41) is 11.5. The Balaban J connectivity index is 1.28. The third-order valence-electron chi connectivity index (χ3n) is 5.31. The molecule has 174 valence electrons. The quantitative estimate of drug-likeness (QED) is 0.203. The zero-order chi connectivity index (χ0) is 24.4. The number of nitrogens with one attached hydrogen (secondary N) is 5. The molecule has 1 aromatic heterocycles. The number of fused-ring (bicyclic) bond motifs is 1. The first-order chi connectivity index (χ1) is 16.9. The van der Waals surface area contributed by atoms with Crippen molar-refractivity contribution in [1.82, 2.24) is 4.98 Å². The van der Waals surface area contributed by atoms with Crippen molar-refractivity contribution in [3.05, 3.63) is 101 Å². The van der Waals surface area contributed by atoms with Crippen LogP contribution < -0.4 is 21.3 Å². The summed E-state index contributed by atoms with van der Waals surface area (Å²) in [6.45, 7) is 0. The van der Waals surface area contributed by atoms with Crippen LogP contribution in [0.15, 0.2) is 79.0 Å². The van der Waals surface area contributed by atoms with Crippen molar-refractivity contribution in [2.45, 2.75) is 0 Å². The molecule has 3 aromatic carbocycles. The number of H-pyrrole nitrogens is 1. The Hall–Kier alpha value is -4.56. The van der Waals surface area contributed by atoms with Crippen LogP contribution in [0.2, 0.25) is 5.02 Å². The van der Waals surface area contributed by atoms with Crippen molar-refractivity contribution in [3.63, 3.8) is 0 Å². The van der Waals surface area contributed by atoms with Crippen molar-refractivity contribution in [3.8, 4) is 0 Å². The van der Waals surface area contributed by atoms with Gasteiger partial charge < -0.3 is 26.3 Å². The standard InChI is InChI=1S/C26H19ClFN5O2/c27-15-6-9-23(22(28)11-15)33-26(35)31-18-4-1-3-17(12-18)30-19-7-8-20-21(13-16-5-2-10-29-16)25(34)32-24(20)14-19/h1-14,29-30H,(H,32,34)(H2,31,33,35)/b21-13-. The largest absolute Gasteiger partial charge is 0.362 e. The summed E-state index contributed by atoms with van der Waals surface area (Å²) in [6, 6.07) is 19.8. The number of carbonyl (C=O) groups is 2. The van der Waals surface area contributed by atoms with Crippen LogP contribution in [0.25, 0.3) is 11.6 Å². The molecule has 7 nitrogen and oxygen atoms in total. The Morgan fingerprint density at radius 1 is 0.914 bits per heavy atom. The molecule has 0 spiro atoms. The molecule has 2 heterocycles. The van der Waals surface area contributed by atoms with E-state index < -0.39 is 11.8 Å². The van der Waals surface area contributed by atoms with Gasteiger partial charge in [0.05, 0.1) is 16.9 Å². The first kappa shape index (κ1) is 22.2. The van der Waals surface area contributed by atoms with E-state index in [9.17, 15) is 14.0 Å². The van der Waals surface area contributed by atoms with Gasteiger partial charge in [-0.1, -0.05) is 23.7 Å². The number of benzene rings is 3. The number of hydrogen-bond acceptors (Lipinski definition) is 3. The first-order valence-corrected chi connectivity index (χ1v) is 11.0. The van der Waals surface area contributed by atoms with Gasteiger partial charge in [0.2, 0.25) is 0 Å². The molecule has 0 bridgehead atoms. The third kappa shape index (κ3) is 5.02. The van der Waals surface area contributed by atoms with E-state index in [1.54, 1.807) is 24.4 Å². The molecular weight excluding hydrogens is 469 g/mol. The Kier molecular flexibility index (Phi) is 5.95. The van der Waals surface area contributed by atoms with Crippen molar-refractivity contribution >= 4 is 63.6 Å². The molecule has 3 amide bonds. The number of aromatic amines is 1. The van der Waals surface area contributed by atoms with E-state index in [1.807, 2.05) is 42.5 Å². The molecule has 5 N–H and O–H groups in total. The highest BCUT2D eigenvalue weighted by Crippen LogP contribution is 2.35. The van der Waals surface area contributed by atoms with E-state index in [2.05, 4.69) is 26.3 Å². The third-order valence-corrected chi connectivity index (χ3v) is 5.55. The number of carbonyl (C=O) groups excluding carboxylic acids is 2. The lowest BCUT2D eigenvalue weighted by atomic mass is 10.1. The molecule has 1 aliphatic rings. The second-order valence-corrected chi connectivity index (χ2v) is 8.24. The lowest BCUT2D eigenvalue weighted by Crippen LogP contribution is -2.20. The maximum absolute atomic E-state index is 13.9. The molecule has 0 saturated carbocycles. The average molecular weight is 488 g/mol. The zero-order valence-corrected chi connectivity index (χ0v) is 18.9. The van der Waals surface area contributed by atoms with Gasteiger partial charge in [0.15, 0.2) is 0 Å². The summed E-state index contributed by atoms with van der Waals surface area (Å²) < 4.78 is 13.9. The molecule has 4 aromatic rings. The fourth-order valence-corrected chi connectivity index (χ4v) is 3.88. The van der Waals surface area contributed by atoms with Crippen molar-refractivity contribution in [2.75, 3.05) is 21.3 Å². The van der Waals surface area contributed by atoms with Crippen LogP contribution in [0.5, 0.6) is 0 Å². The summed E-state index contributed by atoms with van der Waals surface area (Å²) in [5.74, 6) is -0.793. The summed E-state index contributed by atoms with van der Waals surface area (Å²) in [5.41, 5.74) is 4.95. The second kappa shape index (κ2) is 9.36. The molecule has 1 aliphatic heterocycles. The Morgan fingerprint density at radius 3 is 2.54 bits per heavy atom. The summed E-state index contributed by atoms with van der Waals surface area (Å²) >= 11 is 5.74. The second-order valence-electron chi connectivity index (χ2n) is 7.81. The Bertz CT molecular complexity index is 1470. The van der Waals surface area contributed by atoms with Crippen LogP contribution in [0.1, 0.15) is 11.3 Å². The first-order valence-electron chi connectivity index (χ1n) is 10.7. The van der Waals surface area contributed by atoms with E-state index in [4.69, 9.17) is 11.6 Å². The van der Waals surface area contributed by atoms with E-state index in [-0.39, 0.29) is 16.6 Å². The van der Waals surface area contributed by atoms with Gasteiger partial charge in [0.1, 0.15) is 5.82 Å². The normalized spacial score (nSPS) is 13.3. The smallest absolute Gasteiger partial charge is 0.323 e. The predicted molar refractivity (Wildman–Crippen MR) is 138 cm³/mol. The van der Waals surface area contributed by atoms with Crippen LogP contribution in [0, 0.1) is 5.82 Å². The minimum absolute atomic E-state index is 0.0195. The SMILES string of the molecule is O=C(Nc1cccc(Nc2ccc3c(c2)NC(=O)/C3=C\c2ccc[nH]2)c1)Nc1ccc(Cl)cc1F. The summed E-state index contributed by atoms with van der Waals surface area (Å²) in [6.07, 6.45) is 3.61. The van der Waals surface area contributed by atoms with Gasteiger partial charge in [-0.15, -0.1) is 0 Å². The molecule has 0 atom stereocenters. The van der Waals surface area contributed by atoms with Gasteiger partial charge in [-0.25, -0.2) is 9.18 Å². The minimum Gasteiger partial charge on any atom is -0.362 e.